The minimum atomic E-state index is 1.06. The van der Waals surface area contributed by atoms with Crippen molar-refractivity contribution in [2.75, 3.05) is 12.0 Å². The van der Waals surface area contributed by atoms with Crippen molar-refractivity contribution in [2.45, 2.75) is 12.8 Å². The van der Waals surface area contributed by atoms with Crippen molar-refractivity contribution >= 4 is 11.8 Å². The molecule has 1 radical (unpaired) electrons. The second kappa shape index (κ2) is 6.09. The second-order valence-corrected chi connectivity index (χ2v) is 2.36. The zero-order valence-electron chi connectivity index (χ0n) is 4.68. The van der Waals surface area contributed by atoms with Crippen LogP contribution in [0.25, 0.3) is 0 Å². The monoisotopic (exact) mass is 115 g/mol. The first-order chi connectivity index (χ1) is 3.41. The third-order valence-corrected chi connectivity index (χ3v) is 1.42. The van der Waals surface area contributed by atoms with Gasteiger partial charge in [-0.1, -0.05) is 12.7 Å². The van der Waals surface area contributed by atoms with E-state index in [0.29, 0.717) is 0 Å². The molecule has 7 heavy (non-hydrogen) atoms. The molecule has 0 aliphatic heterocycles. The molecule has 0 aromatic heterocycles. The van der Waals surface area contributed by atoms with E-state index in [2.05, 4.69) is 6.26 Å². The molecule has 0 aliphatic carbocycles. The highest BCUT2D eigenvalue weighted by molar-refractivity contribution is 7.98. The van der Waals surface area contributed by atoms with Gasteiger partial charge in [0, 0.05) is 0 Å². The molecule has 0 aliphatic rings. The summed E-state index contributed by atoms with van der Waals surface area (Å²) < 4.78 is 0. The summed E-state index contributed by atoms with van der Waals surface area (Å²) >= 11 is 1.87. The van der Waals surface area contributed by atoms with E-state index in [0.717, 1.165) is 6.42 Å². The summed E-state index contributed by atoms with van der Waals surface area (Å²) in [6.45, 7) is 5.14. The van der Waals surface area contributed by atoms with Gasteiger partial charge < -0.3 is 0 Å². The Labute approximate surface area is 50.0 Å². The van der Waals surface area contributed by atoms with E-state index in [1.54, 1.807) is 6.08 Å². The van der Waals surface area contributed by atoms with Gasteiger partial charge in [0.1, 0.15) is 0 Å². The van der Waals surface area contributed by atoms with Gasteiger partial charge in [0.25, 0.3) is 0 Å². The van der Waals surface area contributed by atoms with Gasteiger partial charge in [-0.05, 0) is 24.9 Å². The van der Waals surface area contributed by atoms with E-state index >= 15 is 0 Å². The van der Waals surface area contributed by atoms with E-state index in [4.69, 9.17) is 6.58 Å². The number of unbranched alkanes of at least 4 members (excludes halogenated alkanes) is 1. The van der Waals surface area contributed by atoms with Crippen molar-refractivity contribution in [3.8, 4) is 0 Å². The molecule has 0 bridgehead atoms. The van der Waals surface area contributed by atoms with Crippen LogP contribution in [0.3, 0.4) is 0 Å². The first kappa shape index (κ1) is 7.09. The summed E-state index contributed by atoms with van der Waals surface area (Å²) in [4.78, 5) is 0. The maximum Gasteiger partial charge on any atom is -0.00674 e. The Morgan fingerprint density at radius 3 is 2.86 bits per heavy atom. The van der Waals surface area contributed by atoms with Gasteiger partial charge in [-0.25, -0.2) is 0 Å². The van der Waals surface area contributed by atoms with Gasteiger partial charge in [0.2, 0.25) is 0 Å². The molecule has 0 heterocycles. The molecule has 0 saturated carbocycles. The SMILES string of the molecule is [CH]=CCCCSC. The maximum absolute atomic E-state index is 5.14. The van der Waals surface area contributed by atoms with E-state index in [9.17, 15) is 0 Å². The zero-order chi connectivity index (χ0) is 5.54. The van der Waals surface area contributed by atoms with Gasteiger partial charge >= 0.3 is 0 Å². The molecule has 0 rings (SSSR count). The predicted octanol–water partition coefficient (Wildman–Crippen LogP) is 2.12. The van der Waals surface area contributed by atoms with Crippen molar-refractivity contribution in [1.82, 2.24) is 0 Å². The first-order valence-electron chi connectivity index (χ1n) is 2.44. The van der Waals surface area contributed by atoms with Crippen LogP contribution in [0, 0.1) is 6.58 Å². The Kier molecular flexibility index (Phi) is 6.17. The van der Waals surface area contributed by atoms with Crippen LogP contribution < -0.4 is 0 Å². The van der Waals surface area contributed by atoms with Crippen molar-refractivity contribution in [3.05, 3.63) is 12.7 Å². The van der Waals surface area contributed by atoms with Crippen LogP contribution in [0.1, 0.15) is 12.8 Å². The standard InChI is InChI=1S/C6H11S/c1-3-4-5-6-7-2/h1,3H,4-6H2,2H3. The van der Waals surface area contributed by atoms with Crippen molar-refractivity contribution in [2.24, 2.45) is 0 Å². The third kappa shape index (κ3) is 6.09. The topological polar surface area (TPSA) is 0 Å². The summed E-state index contributed by atoms with van der Waals surface area (Å²) in [5, 5.41) is 0. The Hall–Kier alpha value is 0.0900. The summed E-state index contributed by atoms with van der Waals surface area (Å²) in [5.41, 5.74) is 0. The number of hydrogen-bond donors (Lipinski definition) is 0. The fraction of sp³-hybridized carbons (Fsp3) is 0.667. The van der Waals surface area contributed by atoms with Gasteiger partial charge in [-0.2, -0.15) is 11.8 Å². The Bertz CT molecular complexity index is 41.4. The van der Waals surface area contributed by atoms with Gasteiger partial charge in [0.05, 0.1) is 0 Å². The molecule has 0 nitrogen and oxygen atoms in total. The highest BCUT2D eigenvalue weighted by Gasteiger charge is 1.77. The molecular weight excluding hydrogens is 104 g/mol. The summed E-state index contributed by atoms with van der Waals surface area (Å²) in [5.74, 6) is 1.23. The fourth-order valence-electron chi connectivity index (χ4n) is 0.346. The number of thioether (sulfide) groups is 1. The van der Waals surface area contributed by atoms with Gasteiger partial charge in [-0.3, -0.25) is 0 Å². The highest BCUT2D eigenvalue weighted by atomic mass is 32.2. The average molecular weight is 115 g/mol. The Balaban J connectivity index is 2.56. The van der Waals surface area contributed by atoms with Crippen LogP contribution in [0.4, 0.5) is 0 Å². The van der Waals surface area contributed by atoms with Gasteiger partial charge in [0.15, 0.2) is 0 Å². The molecule has 0 fully saturated rings. The molecule has 0 amide bonds. The lowest BCUT2D eigenvalue weighted by atomic mass is 10.3. The van der Waals surface area contributed by atoms with Crippen molar-refractivity contribution < 1.29 is 0 Å². The van der Waals surface area contributed by atoms with Crippen LogP contribution >= 0.6 is 11.8 Å². The summed E-state index contributed by atoms with van der Waals surface area (Å²) in [6.07, 6.45) is 6.10. The van der Waals surface area contributed by atoms with E-state index < -0.39 is 0 Å². The molecule has 0 unspecified atom stereocenters. The number of hydrogen-bond acceptors (Lipinski definition) is 1. The minimum Gasteiger partial charge on any atom is -0.165 e. The molecule has 0 aromatic rings. The van der Waals surface area contributed by atoms with E-state index in [-0.39, 0.29) is 0 Å². The number of allylic oxidation sites excluding steroid dienone is 1. The molecule has 1 heteroatoms. The van der Waals surface area contributed by atoms with E-state index in [1.807, 2.05) is 11.8 Å². The van der Waals surface area contributed by atoms with Crippen LogP contribution in [0.5, 0.6) is 0 Å². The minimum absolute atomic E-state index is 1.06. The molecule has 0 atom stereocenters. The molecule has 0 aromatic carbocycles. The Morgan fingerprint density at radius 1 is 1.71 bits per heavy atom. The lowest BCUT2D eigenvalue weighted by Crippen LogP contribution is -1.72. The van der Waals surface area contributed by atoms with Gasteiger partial charge in [-0.15, -0.1) is 0 Å². The summed E-state index contributed by atoms with van der Waals surface area (Å²) in [7, 11) is 0. The van der Waals surface area contributed by atoms with E-state index in [1.165, 1.54) is 12.2 Å². The average Bonchev–Trinajstić information content (AvgIpc) is 1.69. The maximum atomic E-state index is 5.14. The van der Waals surface area contributed by atoms with Crippen LogP contribution in [0.2, 0.25) is 0 Å². The summed E-state index contributed by atoms with van der Waals surface area (Å²) in [6, 6.07) is 0. The zero-order valence-corrected chi connectivity index (χ0v) is 5.50. The van der Waals surface area contributed by atoms with Crippen molar-refractivity contribution in [3.63, 3.8) is 0 Å². The fourth-order valence-corrected chi connectivity index (χ4v) is 0.801. The molecule has 0 saturated heterocycles. The molecule has 41 valence electrons. The molecule has 0 spiro atoms. The van der Waals surface area contributed by atoms with Crippen molar-refractivity contribution in [1.29, 1.82) is 0 Å². The quantitative estimate of drug-likeness (QED) is 0.506. The molecule has 0 N–H and O–H groups in total. The second-order valence-electron chi connectivity index (χ2n) is 1.37. The number of rotatable bonds is 4. The van der Waals surface area contributed by atoms with Crippen LogP contribution in [-0.2, 0) is 0 Å². The lowest BCUT2D eigenvalue weighted by molar-refractivity contribution is 0.974. The normalized spacial score (nSPS) is 8.71. The first-order valence-corrected chi connectivity index (χ1v) is 3.83. The highest BCUT2D eigenvalue weighted by Crippen LogP contribution is 1.97. The largest absolute Gasteiger partial charge is 0.165 e. The third-order valence-electron chi connectivity index (χ3n) is 0.719. The Morgan fingerprint density at radius 2 is 2.43 bits per heavy atom. The lowest BCUT2D eigenvalue weighted by Gasteiger charge is -1.87. The predicted molar refractivity (Wildman–Crippen MR) is 36.5 cm³/mol. The smallest absolute Gasteiger partial charge is 0.00674 e. The van der Waals surface area contributed by atoms with Crippen LogP contribution in [-0.4, -0.2) is 12.0 Å². The van der Waals surface area contributed by atoms with Crippen LogP contribution in [0.15, 0.2) is 6.08 Å². The molecular formula is C6H11S.